The number of nitrogens with one attached hydrogen (secondary N) is 2. The van der Waals surface area contributed by atoms with Crippen LogP contribution in [0.4, 0.5) is 0 Å². The molecule has 1 heterocycles. The second kappa shape index (κ2) is 7.45. The SMILES string of the molecule is CCNCCCS(=O)(=O)NC(C)c1ccncc1. The topological polar surface area (TPSA) is 71.1 Å². The lowest BCUT2D eigenvalue weighted by molar-refractivity contribution is 0.562. The summed E-state index contributed by atoms with van der Waals surface area (Å²) in [6.07, 6.45) is 3.93. The van der Waals surface area contributed by atoms with Gasteiger partial charge in [0.15, 0.2) is 0 Å². The molecule has 0 saturated carbocycles. The number of hydrogen-bond acceptors (Lipinski definition) is 4. The fourth-order valence-corrected chi connectivity index (χ4v) is 2.93. The number of pyridine rings is 1. The Kier molecular flexibility index (Phi) is 6.24. The van der Waals surface area contributed by atoms with Crippen molar-refractivity contribution in [2.24, 2.45) is 0 Å². The Hall–Kier alpha value is -0.980. The van der Waals surface area contributed by atoms with E-state index >= 15 is 0 Å². The molecule has 102 valence electrons. The molecule has 0 aliphatic rings. The molecule has 0 aliphatic heterocycles. The third-order valence-corrected chi connectivity index (χ3v) is 4.12. The van der Waals surface area contributed by atoms with Crippen LogP contribution in [0.25, 0.3) is 0 Å². The molecule has 5 nitrogen and oxygen atoms in total. The van der Waals surface area contributed by atoms with Crippen LogP contribution in [0.5, 0.6) is 0 Å². The van der Waals surface area contributed by atoms with Gasteiger partial charge in [0.05, 0.1) is 5.75 Å². The molecule has 18 heavy (non-hydrogen) atoms. The summed E-state index contributed by atoms with van der Waals surface area (Å²) in [6.45, 7) is 5.41. The van der Waals surface area contributed by atoms with Crippen LogP contribution in [0.2, 0.25) is 0 Å². The van der Waals surface area contributed by atoms with E-state index in [0.717, 1.165) is 18.7 Å². The predicted molar refractivity (Wildman–Crippen MR) is 72.7 cm³/mol. The number of nitrogens with zero attached hydrogens (tertiary/aromatic N) is 1. The zero-order valence-electron chi connectivity index (χ0n) is 10.9. The van der Waals surface area contributed by atoms with E-state index in [-0.39, 0.29) is 11.8 Å². The minimum Gasteiger partial charge on any atom is -0.317 e. The van der Waals surface area contributed by atoms with Crippen LogP contribution in [-0.2, 0) is 10.0 Å². The van der Waals surface area contributed by atoms with Crippen LogP contribution in [-0.4, -0.2) is 32.2 Å². The van der Waals surface area contributed by atoms with Crippen molar-refractivity contribution in [1.29, 1.82) is 0 Å². The number of rotatable bonds is 8. The second-order valence-electron chi connectivity index (χ2n) is 4.15. The van der Waals surface area contributed by atoms with Gasteiger partial charge in [0.25, 0.3) is 0 Å². The van der Waals surface area contributed by atoms with Gasteiger partial charge in [-0.25, -0.2) is 13.1 Å². The van der Waals surface area contributed by atoms with Crippen LogP contribution in [0.3, 0.4) is 0 Å². The highest BCUT2D eigenvalue weighted by atomic mass is 32.2. The van der Waals surface area contributed by atoms with E-state index in [9.17, 15) is 8.42 Å². The van der Waals surface area contributed by atoms with Crippen molar-refractivity contribution >= 4 is 10.0 Å². The summed E-state index contributed by atoms with van der Waals surface area (Å²) in [5.74, 6) is 0.148. The van der Waals surface area contributed by atoms with Gasteiger partial charge in [-0.3, -0.25) is 4.98 Å². The van der Waals surface area contributed by atoms with Crippen LogP contribution >= 0.6 is 0 Å². The summed E-state index contributed by atoms with van der Waals surface area (Å²) >= 11 is 0. The lowest BCUT2D eigenvalue weighted by atomic mass is 10.1. The average Bonchev–Trinajstić information content (AvgIpc) is 2.35. The Morgan fingerprint density at radius 2 is 2.00 bits per heavy atom. The van der Waals surface area contributed by atoms with Gasteiger partial charge in [0.1, 0.15) is 0 Å². The maximum Gasteiger partial charge on any atom is 0.212 e. The molecule has 0 aliphatic carbocycles. The summed E-state index contributed by atoms with van der Waals surface area (Å²) < 4.78 is 26.3. The van der Waals surface area contributed by atoms with Crippen molar-refractivity contribution in [3.63, 3.8) is 0 Å². The van der Waals surface area contributed by atoms with Gasteiger partial charge in [-0.05, 0) is 44.1 Å². The van der Waals surface area contributed by atoms with E-state index in [1.807, 2.05) is 26.0 Å². The van der Waals surface area contributed by atoms with E-state index in [0.29, 0.717) is 6.42 Å². The lowest BCUT2D eigenvalue weighted by Crippen LogP contribution is -2.30. The summed E-state index contributed by atoms with van der Waals surface area (Å²) in [5, 5.41) is 3.11. The Labute approximate surface area is 109 Å². The number of aromatic nitrogens is 1. The molecule has 1 aromatic rings. The molecule has 0 fully saturated rings. The van der Waals surface area contributed by atoms with Gasteiger partial charge >= 0.3 is 0 Å². The molecule has 0 bridgehead atoms. The van der Waals surface area contributed by atoms with E-state index in [1.54, 1.807) is 12.4 Å². The molecule has 0 aromatic carbocycles. The van der Waals surface area contributed by atoms with Crippen LogP contribution in [0, 0.1) is 0 Å². The largest absolute Gasteiger partial charge is 0.317 e. The van der Waals surface area contributed by atoms with E-state index in [1.165, 1.54) is 0 Å². The summed E-state index contributed by atoms with van der Waals surface area (Å²) in [4.78, 5) is 3.91. The van der Waals surface area contributed by atoms with Gasteiger partial charge in [0.2, 0.25) is 10.0 Å². The van der Waals surface area contributed by atoms with Crippen LogP contribution < -0.4 is 10.0 Å². The van der Waals surface area contributed by atoms with Gasteiger partial charge < -0.3 is 5.32 Å². The van der Waals surface area contributed by atoms with E-state index in [2.05, 4.69) is 15.0 Å². The normalized spacial score (nSPS) is 13.4. The van der Waals surface area contributed by atoms with E-state index in [4.69, 9.17) is 0 Å². The molecule has 2 N–H and O–H groups in total. The third-order valence-electron chi connectivity index (χ3n) is 2.58. The molecular formula is C12H21N3O2S. The van der Waals surface area contributed by atoms with Gasteiger partial charge in [-0.15, -0.1) is 0 Å². The summed E-state index contributed by atoms with van der Waals surface area (Å²) in [5.41, 5.74) is 0.917. The smallest absolute Gasteiger partial charge is 0.212 e. The highest BCUT2D eigenvalue weighted by molar-refractivity contribution is 7.89. The maximum atomic E-state index is 11.8. The monoisotopic (exact) mass is 271 g/mol. The fourth-order valence-electron chi connectivity index (χ4n) is 1.61. The molecule has 1 aromatic heterocycles. The standard InChI is InChI=1S/C12H21N3O2S/c1-3-13-7-4-10-18(16,17)15-11(2)12-5-8-14-9-6-12/h5-6,8-9,11,13,15H,3-4,7,10H2,1-2H3. The summed E-state index contributed by atoms with van der Waals surface area (Å²) in [7, 11) is -3.22. The fraction of sp³-hybridized carbons (Fsp3) is 0.583. The first-order chi connectivity index (χ1) is 8.55. The minimum atomic E-state index is -3.22. The molecular weight excluding hydrogens is 250 g/mol. The molecule has 0 spiro atoms. The summed E-state index contributed by atoms with van der Waals surface area (Å²) in [6, 6.07) is 3.40. The second-order valence-corrected chi connectivity index (χ2v) is 6.02. The molecule has 1 rings (SSSR count). The first-order valence-corrected chi connectivity index (χ1v) is 7.81. The maximum absolute atomic E-state index is 11.8. The van der Waals surface area contributed by atoms with Gasteiger partial charge in [-0.1, -0.05) is 6.92 Å². The Morgan fingerprint density at radius 1 is 1.33 bits per heavy atom. The first-order valence-electron chi connectivity index (χ1n) is 6.16. The molecule has 0 saturated heterocycles. The number of sulfonamides is 1. The minimum absolute atomic E-state index is 0.148. The van der Waals surface area contributed by atoms with Crippen molar-refractivity contribution in [3.8, 4) is 0 Å². The average molecular weight is 271 g/mol. The van der Waals surface area contributed by atoms with Crippen molar-refractivity contribution in [1.82, 2.24) is 15.0 Å². The molecule has 0 radical (unpaired) electrons. The highest BCUT2D eigenvalue weighted by Gasteiger charge is 2.15. The van der Waals surface area contributed by atoms with Crippen molar-refractivity contribution in [3.05, 3.63) is 30.1 Å². The van der Waals surface area contributed by atoms with Gasteiger partial charge in [0, 0.05) is 18.4 Å². The van der Waals surface area contributed by atoms with Crippen molar-refractivity contribution in [2.45, 2.75) is 26.3 Å². The zero-order valence-corrected chi connectivity index (χ0v) is 11.7. The molecule has 1 unspecified atom stereocenters. The highest BCUT2D eigenvalue weighted by Crippen LogP contribution is 2.11. The quantitative estimate of drug-likeness (QED) is 0.694. The Morgan fingerprint density at radius 3 is 2.61 bits per heavy atom. The van der Waals surface area contributed by atoms with Crippen molar-refractivity contribution < 1.29 is 8.42 Å². The predicted octanol–water partition coefficient (Wildman–Crippen LogP) is 1.06. The Balaban J connectivity index is 2.45. The van der Waals surface area contributed by atoms with Gasteiger partial charge in [-0.2, -0.15) is 0 Å². The third kappa shape index (κ3) is 5.57. The first kappa shape index (κ1) is 15.1. The zero-order chi connectivity index (χ0) is 13.4. The lowest BCUT2D eigenvalue weighted by Gasteiger charge is -2.14. The molecule has 0 amide bonds. The van der Waals surface area contributed by atoms with Crippen LogP contribution in [0.15, 0.2) is 24.5 Å². The number of hydrogen-bond donors (Lipinski definition) is 2. The van der Waals surface area contributed by atoms with E-state index < -0.39 is 10.0 Å². The van der Waals surface area contributed by atoms with Crippen molar-refractivity contribution in [2.75, 3.05) is 18.8 Å². The molecule has 1 atom stereocenters. The Bertz CT molecular complexity index is 434. The van der Waals surface area contributed by atoms with Crippen LogP contribution in [0.1, 0.15) is 31.9 Å². The molecule has 6 heteroatoms.